The number of carbonyl (C=O) groups is 1. The van der Waals surface area contributed by atoms with Crippen molar-refractivity contribution in [2.75, 3.05) is 32.1 Å². The lowest BCUT2D eigenvalue weighted by atomic mass is 10.2. The molecule has 0 fully saturated rings. The molecule has 0 radical (unpaired) electrons. The molecule has 0 aliphatic heterocycles. The number of anilines is 1. The summed E-state index contributed by atoms with van der Waals surface area (Å²) >= 11 is 1.54. The molecule has 6 nitrogen and oxygen atoms in total. The van der Waals surface area contributed by atoms with Gasteiger partial charge in [0, 0.05) is 20.1 Å². The van der Waals surface area contributed by atoms with E-state index in [2.05, 4.69) is 15.0 Å². The Balaban J connectivity index is 2.01. The summed E-state index contributed by atoms with van der Waals surface area (Å²) in [5.41, 5.74) is 2.40. The molecule has 3 rings (SSSR count). The Morgan fingerprint density at radius 3 is 2.62 bits per heavy atom. The number of rotatable bonds is 5. The third-order valence-electron chi connectivity index (χ3n) is 3.85. The fraction of sp³-hybridized carbons (Fsp3) is 0.353. The van der Waals surface area contributed by atoms with Gasteiger partial charge in [0.2, 0.25) is 0 Å². The zero-order valence-electron chi connectivity index (χ0n) is 14.4. The van der Waals surface area contributed by atoms with Gasteiger partial charge in [-0.2, -0.15) is 5.10 Å². The molecule has 24 heavy (non-hydrogen) atoms. The number of fused-ring (bicyclic) bond motifs is 1. The molecular weight excluding hydrogens is 322 g/mol. The van der Waals surface area contributed by atoms with Gasteiger partial charge in [0.25, 0.3) is 5.91 Å². The maximum atomic E-state index is 13.2. The maximum absolute atomic E-state index is 13.2. The summed E-state index contributed by atoms with van der Waals surface area (Å²) in [5.74, 6) is -0.0617. The van der Waals surface area contributed by atoms with Crippen LogP contribution in [0.3, 0.4) is 0 Å². The lowest BCUT2D eigenvalue weighted by Gasteiger charge is -2.22. The van der Waals surface area contributed by atoms with Crippen LogP contribution in [0.1, 0.15) is 16.1 Å². The number of hydrogen-bond donors (Lipinski definition) is 0. The zero-order chi connectivity index (χ0) is 17.3. The van der Waals surface area contributed by atoms with Crippen molar-refractivity contribution in [1.29, 1.82) is 0 Å². The smallest absolute Gasteiger partial charge is 0.278 e. The number of carbonyl (C=O) groups excluding carboxylic acids is 1. The van der Waals surface area contributed by atoms with Crippen molar-refractivity contribution in [3.8, 4) is 0 Å². The third kappa shape index (κ3) is 3.18. The Hall–Kier alpha value is -2.25. The summed E-state index contributed by atoms with van der Waals surface area (Å²) in [6.07, 6.45) is 1.72. The molecule has 0 aliphatic carbocycles. The standard InChI is InChI=1S/C17H21N5OS/c1-12-11-18-21(4)15(12)16(23)22(10-9-20(2)3)17-19-13-7-5-6-8-14(13)24-17/h5-8,11H,9-10H2,1-4H3. The van der Waals surface area contributed by atoms with Gasteiger partial charge < -0.3 is 4.90 Å². The minimum Gasteiger partial charge on any atom is -0.308 e. The first kappa shape index (κ1) is 16.6. The first-order valence-corrected chi connectivity index (χ1v) is 8.60. The van der Waals surface area contributed by atoms with Crippen LogP contribution in [-0.4, -0.2) is 52.8 Å². The normalized spacial score (nSPS) is 11.4. The lowest BCUT2D eigenvalue weighted by Crippen LogP contribution is -2.38. The molecule has 126 valence electrons. The molecule has 2 aromatic heterocycles. The number of amides is 1. The van der Waals surface area contributed by atoms with Crippen LogP contribution in [0.25, 0.3) is 10.2 Å². The summed E-state index contributed by atoms with van der Waals surface area (Å²) < 4.78 is 2.71. The van der Waals surface area contributed by atoms with Crippen LogP contribution in [-0.2, 0) is 7.05 Å². The Labute approximate surface area is 145 Å². The molecule has 0 saturated heterocycles. The molecule has 1 amide bonds. The summed E-state index contributed by atoms with van der Waals surface area (Å²) in [4.78, 5) is 21.6. The number of likely N-dealkylation sites (N-methyl/N-ethyl adjacent to an activating group) is 1. The van der Waals surface area contributed by atoms with Crippen molar-refractivity contribution in [2.24, 2.45) is 7.05 Å². The van der Waals surface area contributed by atoms with E-state index in [0.717, 1.165) is 27.5 Å². The molecule has 0 saturated carbocycles. The molecule has 0 aliphatic rings. The first-order chi connectivity index (χ1) is 11.5. The monoisotopic (exact) mass is 343 g/mol. The highest BCUT2D eigenvalue weighted by molar-refractivity contribution is 7.22. The van der Waals surface area contributed by atoms with Gasteiger partial charge in [0.15, 0.2) is 5.13 Å². The fourth-order valence-electron chi connectivity index (χ4n) is 2.54. The number of nitrogens with zero attached hydrogens (tertiary/aromatic N) is 5. The summed E-state index contributed by atoms with van der Waals surface area (Å²) in [5, 5.41) is 4.92. The van der Waals surface area contributed by atoms with E-state index in [4.69, 9.17) is 0 Å². The second-order valence-electron chi connectivity index (χ2n) is 6.02. The van der Waals surface area contributed by atoms with Crippen LogP contribution in [0.4, 0.5) is 5.13 Å². The average Bonchev–Trinajstić information content (AvgIpc) is 3.10. The van der Waals surface area contributed by atoms with Gasteiger partial charge in [-0.1, -0.05) is 23.5 Å². The molecular formula is C17H21N5OS. The molecule has 0 atom stereocenters. The van der Waals surface area contributed by atoms with Crippen molar-refractivity contribution < 1.29 is 4.79 Å². The van der Waals surface area contributed by atoms with Crippen molar-refractivity contribution in [1.82, 2.24) is 19.7 Å². The SMILES string of the molecule is Cc1cnn(C)c1C(=O)N(CCN(C)C)c1nc2ccccc2s1. The Morgan fingerprint density at radius 1 is 1.25 bits per heavy atom. The van der Waals surface area contributed by atoms with E-state index in [9.17, 15) is 4.79 Å². The number of aromatic nitrogens is 3. The van der Waals surface area contributed by atoms with E-state index in [0.29, 0.717) is 12.2 Å². The van der Waals surface area contributed by atoms with E-state index in [-0.39, 0.29) is 5.91 Å². The van der Waals surface area contributed by atoms with Gasteiger partial charge in [-0.15, -0.1) is 0 Å². The second kappa shape index (κ2) is 6.70. The zero-order valence-corrected chi connectivity index (χ0v) is 15.2. The van der Waals surface area contributed by atoms with Gasteiger partial charge in [-0.05, 0) is 38.7 Å². The fourth-order valence-corrected chi connectivity index (χ4v) is 3.53. The van der Waals surface area contributed by atoms with E-state index in [1.54, 1.807) is 34.2 Å². The van der Waals surface area contributed by atoms with Crippen LogP contribution in [0, 0.1) is 6.92 Å². The summed E-state index contributed by atoms with van der Waals surface area (Å²) in [6.45, 7) is 3.25. The van der Waals surface area contributed by atoms with Crippen LogP contribution >= 0.6 is 11.3 Å². The topological polar surface area (TPSA) is 54.3 Å². The molecule has 3 aromatic rings. The Morgan fingerprint density at radius 2 is 2.00 bits per heavy atom. The van der Waals surface area contributed by atoms with Crippen LogP contribution in [0.15, 0.2) is 30.5 Å². The largest absolute Gasteiger partial charge is 0.308 e. The molecule has 0 bridgehead atoms. The van der Waals surface area contributed by atoms with Crippen molar-refractivity contribution in [2.45, 2.75) is 6.92 Å². The number of hydrogen-bond acceptors (Lipinski definition) is 5. The van der Waals surface area contributed by atoms with Gasteiger partial charge in [0.05, 0.1) is 16.4 Å². The van der Waals surface area contributed by atoms with E-state index in [1.165, 1.54) is 0 Å². The van der Waals surface area contributed by atoms with Crippen molar-refractivity contribution in [3.63, 3.8) is 0 Å². The van der Waals surface area contributed by atoms with Crippen LogP contribution in [0.5, 0.6) is 0 Å². The van der Waals surface area contributed by atoms with Crippen LogP contribution in [0.2, 0.25) is 0 Å². The van der Waals surface area contributed by atoms with E-state index >= 15 is 0 Å². The third-order valence-corrected chi connectivity index (χ3v) is 4.91. The first-order valence-electron chi connectivity index (χ1n) is 7.78. The molecule has 0 N–H and O–H groups in total. The van der Waals surface area contributed by atoms with Gasteiger partial charge in [-0.3, -0.25) is 14.4 Å². The lowest BCUT2D eigenvalue weighted by molar-refractivity contribution is 0.0975. The summed E-state index contributed by atoms with van der Waals surface area (Å²) in [6, 6.07) is 7.95. The van der Waals surface area contributed by atoms with E-state index < -0.39 is 0 Å². The molecule has 2 heterocycles. The highest BCUT2D eigenvalue weighted by atomic mass is 32.1. The molecule has 7 heteroatoms. The highest BCUT2D eigenvalue weighted by Crippen LogP contribution is 2.29. The average molecular weight is 343 g/mol. The highest BCUT2D eigenvalue weighted by Gasteiger charge is 2.25. The second-order valence-corrected chi connectivity index (χ2v) is 7.03. The van der Waals surface area contributed by atoms with Crippen LogP contribution < -0.4 is 4.90 Å². The van der Waals surface area contributed by atoms with Gasteiger partial charge >= 0.3 is 0 Å². The predicted octanol–water partition coefficient (Wildman–Crippen LogP) is 2.55. The van der Waals surface area contributed by atoms with Crippen molar-refractivity contribution >= 4 is 32.6 Å². The Kier molecular flexibility index (Phi) is 4.64. The number of para-hydroxylation sites is 1. The van der Waals surface area contributed by atoms with Crippen molar-refractivity contribution in [3.05, 3.63) is 41.7 Å². The Bertz CT molecular complexity index is 814. The summed E-state index contributed by atoms with van der Waals surface area (Å²) in [7, 11) is 5.79. The number of aryl methyl sites for hydroxylation is 2. The molecule has 0 unspecified atom stereocenters. The maximum Gasteiger partial charge on any atom is 0.278 e. The van der Waals surface area contributed by atoms with Gasteiger partial charge in [-0.25, -0.2) is 4.98 Å². The van der Waals surface area contributed by atoms with Gasteiger partial charge in [0.1, 0.15) is 5.69 Å². The molecule has 1 aromatic carbocycles. The number of benzene rings is 1. The quantitative estimate of drug-likeness (QED) is 0.714. The predicted molar refractivity (Wildman–Crippen MR) is 97.8 cm³/mol. The number of thiazole rings is 1. The molecule has 0 spiro atoms. The minimum absolute atomic E-state index is 0.0617. The minimum atomic E-state index is -0.0617. The van der Waals surface area contributed by atoms with E-state index in [1.807, 2.05) is 45.3 Å².